The zero-order valence-corrected chi connectivity index (χ0v) is 20.2. The fraction of sp³-hybridized carbons (Fsp3) is 0.360. The van der Waals surface area contributed by atoms with Crippen molar-refractivity contribution < 1.29 is 23.5 Å². The molecule has 3 aromatic rings. The molecule has 1 aliphatic heterocycles. The van der Waals surface area contributed by atoms with Crippen LogP contribution < -0.4 is 14.4 Å². The molecule has 10 heteroatoms. The van der Waals surface area contributed by atoms with Gasteiger partial charge in [0.25, 0.3) is 0 Å². The van der Waals surface area contributed by atoms with Crippen molar-refractivity contribution in [2.75, 3.05) is 25.7 Å². The topological polar surface area (TPSA) is 98.0 Å². The summed E-state index contributed by atoms with van der Waals surface area (Å²) in [5.74, 6) is 1.10. The van der Waals surface area contributed by atoms with Crippen LogP contribution in [0.4, 0.5) is 5.69 Å². The van der Waals surface area contributed by atoms with E-state index < -0.39 is 5.92 Å². The number of benzene rings is 2. The number of amides is 2. The van der Waals surface area contributed by atoms with E-state index in [-0.39, 0.29) is 37.4 Å². The fourth-order valence-corrected chi connectivity index (χ4v) is 4.54. The Morgan fingerprint density at radius 3 is 2.69 bits per heavy atom. The average Bonchev–Trinajstić information content (AvgIpc) is 3.49. The Kier molecular flexibility index (Phi) is 6.34. The number of ether oxygens (including phenoxy) is 2. The lowest BCUT2D eigenvalue weighted by atomic mass is 10.1. The second kappa shape index (κ2) is 9.58. The van der Waals surface area contributed by atoms with Crippen LogP contribution in [0.25, 0.3) is 11.5 Å². The number of methoxy groups -OCH3 is 2. The van der Waals surface area contributed by atoms with E-state index in [9.17, 15) is 9.59 Å². The highest BCUT2D eigenvalue weighted by molar-refractivity contribution is 6.33. The number of carbonyl (C=O) groups is 2. The first-order valence-electron chi connectivity index (χ1n) is 11.4. The van der Waals surface area contributed by atoms with Crippen molar-refractivity contribution in [2.45, 2.75) is 31.8 Å². The Balaban J connectivity index is 1.32. The van der Waals surface area contributed by atoms with E-state index in [0.29, 0.717) is 39.6 Å². The number of nitrogens with zero attached hydrogens (tertiary/aromatic N) is 4. The van der Waals surface area contributed by atoms with Crippen LogP contribution in [0.3, 0.4) is 0 Å². The number of rotatable bonds is 8. The molecule has 5 rings (SSSR count). The maximum absolute atomic E-state index is 13.5. The van der Waals surface area contributed by atoms with Gasteiger partial charge in [-0.2, -0.15) is 0 Å². The molecule has 9 nitrogen and oxygen atoms in total. The van der Waals surface area contributed by atoms with E-state index in [1.165, 1.54) is 7.11 Å². The number of hydrogen-bond acceptors (Lipinski definition) is 7. The van der Waals surface area contributed by atoms with Crippen LogP contribution in [0.1, 0.15) is 25.2 Å². The number of hydrogen-bond donors (Lipinski definition) is 0. The van der Waals surface area contributed by atoms with Crippen molar-refractivity contribution in [1.29, 1.82) is 0 Å². The molecule has 2 aromatic carbocycles. The van der Waals surface area contributed by atoms with Gasteiger partial charge in [-0.3, -0.25) is 9.59 Å². The second-order valence-electron chi connectivity index (χ2n) is 8.62. The van der Waals surface area contributed by atoms with Crippen molar-refractivity contribution in [1.82, 2.24) is 15.1 Å². The molecular formula is C25H25ClN4O5. The van der Waals surface area contributed by atoms with Gasteiger partial charge < -0.3 is 23.7 Å². The predicted octanol–water partition coefficient (Wildman–Crippen LogP) is 3.95. The number of aromatic nitrogens is 2. The van der Waals surface area contributed by atoms with Crippen molar-refractivity contribution in [3.63, 3.8) is 0 Å². The van der Waals surface area contributed by atoms with Crippen LogP contribution in [0, 0.1) is 5.92 Å². The van der Waals surface area contributed by atoms with Crippen LogP contribution in [-0.2, 0) is 16.1 Å². The molecule has 0 spiro atoms. The van der Waals surface area contributed by atoms with Crippen LogP contribution in [0.2, 0.25) is 5.02 Å². The lowest BCUT2D eigenvalue weighted by Gasteiger charge is -2.24. The lowest BCUT2D eigenvalue weighted by Crippen LogP contribution is -2.38. The molecule has 0 unspecified atom stereocenters. The summed E-state index contributed by atoms with van der Waals surface area (Å²) in [6.45, 7) is 0.468. The van der Waals surface area contributed by atoms with Gasteiger partial charge in [-0.1, -0.05) is 23.7 Å². The van der Waals surface area contributed by atoms with Gasteiger partial charge in [0, 0.05) is 25.1 Å². The van der Waals surface area contributed by atoms with E-state index in [1.807, 2.05) is 12.1 Å². The summed E-state index contributed by atoms with van der Waals surface area (Å²) in [5, 5.41) is 8.75. The molecule has 2 amide bonds. The maximum atomic E-state index is 13.5. The third-order valence-electron chi connectivity index (χ3n) is 6.30. The van der Waals surface area contributed by atoms with E-state index in [0.717, 1.165) is 12.8 Å². The third-order valence-corrected chi connectivity index (χ3v) is 6.63. The molecule has 182 valence electrons. The van der Waals surface area contributed by atoms with Crippen LogP contribution in [0.15, 0.2) is 46.9 Å². The SMILES string of the molecule is COc1ccc(N2C[C@H](C(=O)N(Cc3nnc(-c4ccccc4Cl)o3)C3CC3)CC2=O)c(OC)c1. The zero-order chi connectivity index (χ0) is 24.5. The Morgan fingerprint density at radius 2 is 1.97 bits per heavy atom. The minimum Gasteiger partial charge on any atom is -0.497 e. The van der Waals surface area contributed by atoms with Gasteiger partial charge in [0.2, 0.25) is 23.6 Å². The third kappa shape index (κ3) is 4.68. The Morgan fingerprint density at radius 1 is 1.17 bits per heavy atom. The summed E-state index contributed by atoms with van der Waals surface area (Å²) in [4.78, 5) is 29.8. The van der Waals surface area contributed by atoms with Crippen LogP contribution >= 0.6 is 11.6 Å². The molecule has 1 aromatic heterocycles. The molecule has 1 saturated heterocycles. The summed E-state index contributed by atoms with van der Waals surface area (Å²) in [6.07, 6.45) is 1.95. The van der Waals surface area contributed by atoms with Gasteiger partial charge in [-0.25, -0.2) is 0 Å². The van der Waals surface area contributed by atoms with Gasteiger partial charge in [0.15, 0.2) is 0 Å². The lowest BCUT2D eigenvalue weighted by molar-refractivity contribution is -0.137. The Labute approximate surface area is 207 Å². The van der Waals surface area contributed by atoms with Crippen molar-refractivity contribution in [3.05, 3.63) is 53.4 Å². The highest BCUT2D eigenvalue weighted by atomic mass is 35.5. The van der Waals surface area contributed by atoms with Crippen molar-refractivity contribution >= 4 is 29.1 Å². The molecule has 0 N–H and O–H groups in total. The Hall–Kier alpha value is -3.59. The molecular weight excluding hydrogens is 472 g/mol. The molecule has 2 fully saturated rings. The van der Waals surface area contributed by atoms with E-state index in [2.05, 4.69) is 10.2 Å². The van der Waals surface area contributed by atoms with E-state index in [1.54, 1.807) is 47.2 Å². The monoisotopic (exact) mass is 496 g/mol. The molecule has 0 radical (unpaired) electrons. The van der Waals surface area contributed by atoms with Gasteiger partial charge in [0.05, 0.1) is 43.0 Å². The fourth-order valence-electron chi connectivity index (χ4n) is 4.33. The summed E-state index contributed by atoms with van der Waals surface area (Å²) >= 11 is 6.24. The van der Waals surface area contributed by atoms with Crippen molar-refractivity contribution in [2.24, 2.45) is 5.92 Å². The average molecular weight is 497 g/mol. The molecule has 1 atom stereocenters. The van der Waals surface area contributed by atoms with Crippen LogP contribution in [0.5, 0.6) is 11.5 Å². The predicted molar refractivity (Wildman–Crippen MR) is 128 cm³/mol. The van der Waals surface area contributed by atoms with Gasteiger partial charge in [-0.05, 0) is 37.1 Å². The number of halogens is 1. The van der Waals surface area contributed by atoms with Gasteiger partial charge in [-0.15, -0.1) is 10.2 Å². The summed E-state index contributed by atoms with van der Waals surface area (Å²) in [5.41, 5.74) is 1.26. The quantitative estimate of drug-likeness (QED) is 0.465. The smallest absolute Gasteiger partial charge is 0.249 e. The normalized spacial score (nSPS) is 17.5. The van der Waals surface area contributed by atoms with Crippen molar-refractivity contribution in [3.8, 4) is 23.0 Å². The zero-order valence-electron chi connectivity index (χ0n) is 19.4. The maximum Gasteiger partial charge on any atom is 0.249 e. The summed E-state index contributed by atoms with van der Waals surface area (Å²) in [7, 11) is 3.11. The largest absolute Gasteiger partial charge is 0.497 e. The standard InChI is InChI=1S/C25H25ClN4O5/c1-33-17-9-10-20(21(12-17)34-2)30-13-15(11-23(30)31)25(32)29(16-7-8-16)14-22-27-28-24(35-22)18-5-3-4-6-19(18)26/h3-6,9-10,12,15-16H,7-8,11,13-14H2,1-2H3/t15-/m1/s1. The summed E-state index contributed by atoms with van der Waals surface area (Å²) < 4.78 is 16.5. The molecule has 0 bridgehead atoms. The molecule has 2 aliphatic rings. The first kappa shape index (κ1) is 23.2. The minimum absolute atomic E-state index is 0.0895. The number of carbonyl (C=O) groups excluding carboxylic acids is 2. The van der Waals surface area contributed by atoms with E-state index >= 15 is 0 Å². The highest BCUT2D eigenvalue weighted by Gasteiger charge is 2.42. The second-order valence-corrected chi connectivity index (χ2v) is 9.03. The first-order chi connectivity index (χ1) is 17.0. The molecule has 35 heavy (non-hydrogen) atoms. The summed E-state index contributed by atoms with van der Waals surface area (Å²) in [6, 6.07) is 12.6. The molecule has 1 saturated carbocycles. The molecule has 1 aliphatic carbocycles. The first-order valence-corrected chi connectivity index (χ1v) is 11.8. The van der Waals surface area contributed by atoms with Crippen LogP contribution in [-0.4, -0.2) is 53.7 Å². The number of anilines is 1. The van der Waals surface area contributed by atoms with Gasteiger partial charge in [0.1, 0.15) is 11.5 Å². The Bertz CT molecular complexity index is 1260. The highest BCUT2D eigenvalue weighted by Crippen LogP contribution is 2.38. The van der Waals surface area contributed by atoms with Gasteiger partial charge >= 0.3 is 0 Å². The van der Waals surface area contributed by atoms with E-state index in [4.69, 9.17) is 25.5 Å². The minimum atomic E-state index is -0.471. The molecule has 2 heterocycles.